The zero-order chi connectivity index (χ0) is 53.9. The Morgan fingerprint density at radius 1 is 0.361 bits per heavy atom. The number of hydrogen-bond acceptors (Lipinski definition) is 30. The largest absolute Gasteiger partial charge is 0.463 e. The van der Waals surface area contributed by atoms with Crippen LogP contribution in [0.15, 0.2) is 0 Å². The fourth-order valence-corrected chi connectivity index (χ4v) is 8.05. The van der Waals surface area contributed by atoms with E-state index in [1.54, 1.807) is 0 Å². The molecule has 0 aliphatic carbocycles. The summed E-state index contributed by atoms with van der Waals surface area (Å²) in [6, 6.07) is -4.67. The molecule has 0 radical (unpaired) electrons. The molecular weight excluding hydrogens is 978 g/mol. The number of carbonyl (C=O) groups is 9. The van der Waals surface area contributed by atoms with Gasteiger partial charge in [0.05, 0.1) is 24.7 Å². The average molecular weight is 1040 g/mol. The topological polar surface area (TPSA) is 420 Å². The molecule has 0 aromatic carbocycles. The Balaban J connectivity index is 1.77. The van der Waals surface area contributed by atoms with E-state index in [0.29, 0.717) is 0 Å². The smallest absolute Gasteiger partial charge is 0.303 e. The minimum Gasteiger partial charge on any atom is -0.463 e. The fraction of sp³-hybridized carbons (Fsp3) is 0.786. The minimum atomic E-state index is -2.20. The van der Waals surface area contributed by atoms with E-state index in [0.717, 1.165) is 62.3 Å². The molecule has 4 fully saturated rings. The van der Waals surface area contributed by atoms with E-state index in [1.807, 2.05) is 0 Å². The number of rotatable bonds is 19. The summed E-state index contributed by atoms with van der Waals surface area (Å²) in [5.41, 5.74) is 19.5. The Bertz CT molecular complexity index is 1940. The highest BCUT2D eigenvalue weighted by Gasteiger charge is 2.57. The van der Waals surface area contributed by atoms with Crippen LogP contribution < -0.4 is 17.2 Å². The van der Waals surface area contributed by atoms with E-state index in [-0.39, 0.29) is 0 Å². The summed E-state index contributed by atoms with van der Waals surface area (Å²) in [6.07, 6.45) is -28.6. The van der Waals surface area contributed by atoms with Gasteiger partial charge in [-0.2, -0.15) is 0 Å². The first kappa shape index (κ1) is 59.3. The summed E-state index contributed by atoms with van der Waals surface area (Å²) >= 11 is 0. The molecule has 72 heavy (non-hydrogen) atoms. The average Bonchev–Trinajstić information content (AvgIpc) is 3.26. The molecule has 4 saturated heterocycles. The molecule has 0 unspecified atom stereocenters. The molecule has 4 aliphatic rings. The molecule has 0 bridgehead atoms. The van der Waals surface area contributed by atoms with Crippen molar-refractivity contribution in [1.82, 2.24) is 0 Å². The van der Waals surface area contributed by atoms with Gasteiger partial charge in [0.1, 0.15) is 62.5 Å². The van der Waals surface area contributed by atoms with Crippen molar-refractivity contribution in [2.24, 2.45) is 17.2 Å². The van der Waals surface area contributed by atoms with Gasteiger partial charge in [-0.25, -0.2) is 0 Å². The lowest BCUT2D eigenvalue weighted by molar-refractivity contribution is -0.372. The molecule has 0 amide bonds. The van der Waals surface area contributed by atoms with Crippen LogP contribution in [0.2, 0.25) is 0 Å². The van der Waals surface area contributed by atoms with Crippen LogP contribution in [0.5, 0.6) is 0 Å². The Morgan fingerprint density at radius 2 is 0.639 bits per heavy atom. The molecule has 408 valence electrons. The Labute approximate surface area is 411 Å². The van der Waals surface area contributed by atoms with Crippen molar-refractivity contribution in [3.63, 3.8) is 0 Å². The third-order valence-corrected chi connectivity index (χ3v) is 10.9. The predicted molar refractivity (Wildman–Crippen MR) is 226 cm³/mol. The third kappa shape index (κ3) is 16.4. The van der Waals surface area contributed by atoms with Crippen molar-refractivity contribution in [2.75, 3.05) is 26.4 Å². The van der Waals surface area contributed by atoms with Crippen LogP contribution in [-0.2, 0) is 119 Å². The lowest BCUT2D eigenvalue weighted by Gasteiger charge is -2.49. The van der Waals surface area contributed by atoms with E-state index in [9.17, 15) is 53.4 Å². The maximum Gasteiger partial charge on any atom is 0.303 e. The summed E-state index contributed by atoms with van der Waals surface area (Å²) in [7, 11) is 0. The van der Waals surface area contributed by atoms with Gasteiger partial charge in [-0.15, -0.1) is 0 Å². The molecule has 0 aromatic heterocycles. The zero-order valence-electron chi connectivity index (χ0n) is 40.7. The molecule has 30 heteroatoms. The molecule has 4 aliphatic heterocycles. The Morgan fingerprint density at radius 3 is 0.958 bits per heavy atom. The Kier molecular flexibility index (Phi) is 21.9. The number of ether oxygens (including phenoxy) is 16. The summed E-state index contributed by atoms with van der Waals surface area (Å²) < 4.78 is 90.1. The van der Waals surface area contributed by atoms with Crippen LogP contribution in [0.4, 0.5) is 0 Å². The summed E-state index contributed by atoms with van der Waals surface area (Å²) in [4.78, 5) is 109. The van der Waals surface area contributed by atoms with Crippen LogP contribution >= 0.6 is 0 Å². The zero-order valence-corrected chi connectivity index (χ0v) is 40.7. The van der Waals surface area contributed by atoms with Crippen LogP contribution in [0.1, 0.15) is 62.3 Å². The molecule has 30 nitrogen and oxygen atoms in total. The van der Waals surface area contributed by atoms with Crippen molar-refractivity contribution in [2.45, 2.75) is 185 Å². The van der Waals surface area contributed by atoms with Crippen LogP contribution in [0, 0.1) is 0 Å². The van der Waals surface area contributed by atoms with E-state index < -0.39 is 203 Å². The molecule has 0 saturated carbocycles. The highest BCUT2D eigenvalue weighted by Crippen LogP contribution is 2.35. The molecule has 4 heterocycles. The number of aliphatic hydroxyl groups is 2. The number of esters is 9. The SMILES string of the molecule is CC(=O)OC[C@H]1O[C@@H](OC[C@H]2O[C@@H](O)[C@H](O[C@@H]3O[C@H](COC(C)=O)[C@@H](OC(C)=O)[C@H](OC(C)=O)[C@H]3N)[C@@H](O)[C@H]2O[C@@H]2O[C@H](COC(C)=O)[C@@H](OC(C)=O)[C@H](OC(C)=O)[C@H]2N)[C@H](N)[C@@H](OC(C)=O)[C@@H]1OC(C)=O. The second-order valence-corrected chi connectivity index (χ2v) is 16.8. The first-order valence-corrected chi connectivity index (χ1v) is 22.3. The number of aliphatic hydroxyl groups excluding tert-OH is 2. The second kappa shape index (κ2) is 26.6. The third-order valence-electron chi connectivity index (χ3n) is 10.9. The summed E-state index contributed by atoms with van der Waals surface area (Å²) in [5, 5.41) is 23.9. The summed E-state index contributed by atoms with van der Waals surface area (Å²) in [5.74, 6) is -7.68. The van der Waals surface area contributed by atoms with Crippen LogP contribution in [-0.4, -0.2) is 213 Å². The maximum absolute atomic E-state index is 12.4. The van der Waals surface area contributed by atoms with Gasteiger partial charge in [0.15, 0.2) is 61.8 Å². The first-order chi connectivity index (χ1) is 33.7. The van der Waals surface area contributed by atoms with Crippen LogP contribution in [0.25, 0.3) is 0 Å². The van der Waals surface area contributed by atoms with Gasteiger partial charge in [0.25, 0.3) is 0 Å². The minimum absolute atomic E-state index is 0.573. The second-order valence-electron chi connectivity index (χ2n) is 16.8. The fourth-order valence-electron chi connectivity index (χ4n) is 8.05. The molecule has 4 rings (SSSR count). The van der Waals surface area contributed by atoms with Gasteiger partial charge in [-0.05, 0) is 0 Å². The van der Waals surface area contributed by atoms with Crippen molar-refractivity contribution in [3.05, 3.63) is 0 Å². The van der Waals surface area contributed by atoms with Gasteiger partial charge in [0, 0.05) is 62.3 Å². The number of hydrogen-bond donors (Lipinski definition) is 5. The highest BCUT2D eigenvalue weighted by molar-refractivity contribution is 5.69. The predicted octanol–water partition coefficient (Wildman–Crippen LogP) is -4.71. The maximum atomic E-state index is 12.4. The molecule has 20 atom stereocenters. The van der Waals surface area contributed by atoms with Gasteiger partial charge >= 0.3 is 53.7 Å². The van der Waals surface area contributed by atoms with E-state index >= 15 is 0 Å². The lowest BCUT2D eigenvalue weighted by atomic mass is 9.94. The highest BCUT2D eigenvalue weighted by atomic mass is 16.8. The quantitative estimate of drug-likeness (QED) is 0.0599. The van der Waals surface area contributed by atoms with Crippen molar-refractivity contribution >= 4 is 53.7 Å². The van der Waals surface area contributed by atoms with Crippen molar-refractivity contribution in [1.29, 1.82) is 0 Å². The normalized spacial score (nSPS) is 36.6. The van der Waals surface area contributed by atoms with E-state index in [2.05, 4.69) is 0 Å². The Hall–Kier alpha value is -5.25. The standard InChI is InChI=1S/C42H63N3O27/c1-14(46)57-10-24-32(61-17(4)49)35(64-20(7)52)27(43)40(68-24)60-13-23-31(71-41-28(44)36(65-21(8)53)33(62-18(5)50)25(69-41)11-58-15(2)47)30(55)38(39(56)67-23)72-42-29(45)37(66-22(9)54)34(63-19(6)51)26(70-42)12-59-16(3)48/h23-42,55-56H,10-13,43-45H2,1-9H3/t23-,24-,25-,26-,27-,28-,29-,30+,31+,32-,33-,34-,35-,36-,37-,38-,39-,40-,41+,42+/m1/s1. The number of nitrogens with two attached hydrogens (primary N) is 3. The van der Waals surface area contributed by atoms with Crippen molar-refractivity contribution in [3.8, 4) is 0 Å². The van der Waals surface area contributed by atoms with Gasteiger partial charge in [-0.3, -0.25) is 43.2 Å². The van der Waals surface area contributed by atoms with Gasteiger partial charge < -0.3 is 103 Å². The lowest BCUT2D eigenvalue weighted by Crippen LogP contribution is -2.69. The van der Waals surface area contributed by atoms with Gasteiger partial charge in [-0.1, -0.05) is 0 Å². The van der Waals surface area contributed by atoms with E-state index in [4.69, 9.17) is 93.0 Å². The van der Waals surface area contributed by atoms with Crippen molar-refractivity contribution < 1.29 is 129 Å². The molecule has 0 spiro atoms. The number of carbonyl (C=O) groups excluding carboxylic acids is 9. The van der Waals surface area contributed by atoms with E-state index in [1.165, 1.54) is 0 Å². The monoisotopic (exact) mass is 1040 g/mol. The first-order valence-electron chi connectivity index (χ1n) is 22.3. The molecular formula is C42H63N3O27. The molecule has 8 N–H and O–H groups in total. The van der Waals surface area contributed by atoms with Crippen LogP contribution in [0.3, 0.4) is 0 Å². The molecule has 0 aromatic rings. The summed E-state index contributed by atoms with van der Waals surface area (Å²) in [6.45, 7) is 6.79. The van der Waals surface area contributed by atoms with Gasteiger partial charge in [0.2, 0.25) is 0 Å².